The first-order valence-electron chi connectivity index (χ1n) is 6.76. The lowest BCUT2D eigenvalue weighted by atomic mass is 9.99. The molecule has 1 atom stereocenters. The van der Waals surface area contributed by atoms with E-state index < -0.39 is 5.54 Å². The minimum atomic E-state index is -0.738. The fraction of sp³-hybridized carbons (Fsp3) is 0.385. The second-order valence-electron chi connectivity index (χ2n) is 5.20. The molecule has 1 N–H and O–H groups in total. The highest BCUT2D eigenvalue weighted by Gasteiger charge is 2.53. The second kappa shape index (κ2) is 5.10. The number of imide groups is 1. The maximum Gasteiger partial charge on any atom is 0.325 e. The molecule has 2 aromatic rings. The summed E-state index contributed by atoms with van der Waals surface area (Å²) in [6, 6.07) is 3.40. The van der Waals surface area contributed by atoms with E-state index in [4.69, 9.17) is 4.52 Å². The summed E-state index contributed by atoms with van der Waals surface area (Å²) >= 11 is 3.18. The third kappa shape index (κ3) is 2.12. The highest BCUT2D eigenvalue weighted by molar-refractivity contribution is 7.99. The predicted octanol–water partition coefficient (Wildman–Crippen LogP) is 1.73. The van der Waals surface area contributed by atoms with Gasteiger partial charge in [-0.15, -0.1) is 11.3 Å². The molecule has 0 radical (unpaired) electrons. The van der Waals surface area contributed by atoms with Gasteiger partial charge >= 0.3 is 6.03 Å². The average Bonchev–Trinajstić information content (AvgIpc) is 3.25. The third-order valence-corrected chi connectivity index (χ3v) is 5.83. The summed E-state index contributed by atoms with van der Waals surface area (Å²) in [4.78, 5) is 30.9. The highest BCUT2D eigenvalue weighted by Crippen LogP contribution is 2.34. The zero-order valence-electron chi connectivity index (χ0n) is 11.4. The Bertz CT molecular complexity index is 721. The number of thioether (sulfide) groups is 1. The maximum absolute atomic E-state index is 12.5. The van der Waals surface area contributed by atoms with Crippen LogP contribution in [0.3, 0.4) is 0 Å². The number of carbonyl (C=O) groups is 2. The van der Waals surface area contributed by atoms with Crippen LogP contribution < -0.4 is 5.32 Å². The first-order chi connectivity index (χ1) is 10.7. The molecule has 9 heteroatoms. The molecule has 4 rings (SSSR count). The van der Waals surface area contributed by atoms with Gasteiger partial charge in [0.05, 0.1) is 4.88 Å². The molecule has 0 bridgehead atoms. The maximum atomic E-state index is 12.5. The SMILES string of the molecule is O=C1NC2(CCSC2)C(=O)N1Cc1nc(-c2cccs2)no1. The Morgan fingerprint density at radius 3 is 3.09 bits per heavy atom. The Morgan fingerprint density at radius 2 is 2.36 bits per heavy atom. The third-order valence-electron chi connectivity index (χ3n) is 3.77. The van der Waals surface area contributed by atoms with E-state index in [1.807, 2.05) is 17.5 Å². The predicted molar refractivity (Wildman–Crippen MR) is 81.4 cm³/mol. The number of nitrogens with zero attached hydrogens (tertiary/aromatic N) is 3. The Labute approximate surface area is 134 Å². The molecule has 2 saturated heterocycles. The van der Waals surface area contributed by atoms with E-state index in [2.05, 4.69) is 15.5 Å². The molecule has 22 heavy (non-hydrogen) atoms. The van der Waals surface area contributed by atoms with Crippen molar-refractivity contribution >= 4 is 35.0 Å². The fourth-order valence-corrected chi connectivity index (χ4v) is 4.59. The Hall–Kier alpha value is -1.87. The van der Waals surface area contributed by atoms with Crippen molar-refractivity contribution < 1.29 is 14.1 Å². The number of urea groups is 1. The normalized spacial score (nSPS) is 24.5. The molecule has 2 aliphatic rings. The van der Waals surface area contributed by atoms with Crippen LogP contribution in [0.4, 0.5) is 4.79 Å². The number of carbonyl (C=O) groups excluding carboxylic acids is 2. The van der Waals surface area contributed by atoms with Crippen LogP contribution in [-0.4, -0.2) is 44.0 Å². The lowest BCUT2D eigenvalue weighted by Gasteiger charge is -2.18. The van der Waals surface area contributed by atoms with E-state index in [1.54, 1.807) is 11.8 Å². The summed E-state index contributed by atoms with van der Waals surface area (Å²) in [5.41, 5.74) is -0.738. The molecule has 0 aliphatic carbocycles. The van der Waals surface area contributed by atoms with Gasteiger partial charge in [0.2, 0.25) is 11.7 Å². The van der Waals surface area contributed by atoms with Crippen molar-refractivity contribution in [3.05, 3.63) is 23.4 Å². The molecule has 2 aliphatic heterocycles. The zero-order valence-corrected chi connectivity index (χ0v) is 13.1. The summed E-state index contributed by atoms with van der Waals surface area (Å²) < 4.78 is 5.16. The number of aromatic nitrogens is 2. The standard InChI is InChI=1S/C13H12N4O3S2/c18-11-13(3-5-21-7-13)15-12(19)17(11)6-9-14-10(16-20-9)8-2-1-4-22-8/h1-2,4H,3,5-7H2,(H,15,19). The first kappa shape index (κ1) is 13.8. The van der Waals surface area contributed by atoms with E-state index >= 15 is 0 Å². The van der Waals surface area contributed by atoms with Crippen molar-refractivity contribution in [2.75, 3.05) is 11.5 Å². The van der Waals surface area contributed by atoms with Gasteiger partial charge in [-0.2, -0.15) is 16.7 Å². The van der Waals surface area contributed by atoms with Gasteiger partial charge in [-0.25, -0.2) is 4.79 Å². The smallest absolute Gasteiger partial charge is 0.325 e. The van der Waals surface area contributed by atoms with Crippen LogP contribution in [0.25, 0.3) is 10.7 Å². The molecule has 114 valence electrons. The van der Waals surface area contributed by atoms with Crippen LogP contribution in [0.5, 0.6) is 0 Å². The van der Waals surface area contributed by atoms with E-state index in [9.17, 15) is 9.59 Å². The fourth-order valence-electron chi connectivity index (χ4n) is 2.61. The van der Waals surface area contributed by atoms with Gasteiger partial charge in [-0.3, -0.25) is 9.69 Å². The lowest BCUT2D eigenvalue weighted by molar-refractivity contribution is -0.131. The molecule has 7 nitrogen and oxygen atoms in total. The monoisotopic (exact) mass is 336 g/mol. The van der Waals surface area contributed by atoms with E-state index in [0.29, 0.717) is 18.0 Å². The lowest BCUT2D eigenvalue weighted by Crippen LogP contribution is -2.46. The summed E-state index contributed by atoms with van der Waals surface area (Å²) in [6.07, 6.45) is 0.670. The number of thiophene rings is 1. The van der Waals surface area contributed by atoms with Crippen LogP contribution in [0, 0.1) is 0 Å². The van der Waals surface area contributed by atoms with Crippen LogP contribution in [0.1, 0.15) is 12.3 Å². The molecule has 3 amide bonds. The largest absolute Gasteiger partial charge is 0.337 e. The van der Waals surface area contributed by atoms with Crippen LogP contribution in [0.2, 0.25) is 0 Å². The van der Waals surface area contributed by atoms with Crippen molar-refractivity contribution in [2.45, 2.75) is 18.5 Å². The van der Waals surface area contributed by atoms with Crippen molar-refractivity contribution in [3.8, 4) is 10.7 Å². The molecule has 0 aromatic carbocycles. The van der Waals surface area contributed by atoms with Gasteiger partial charge < -0.3 is 9.84 Å². The second-order valence-corrected chi connectivity index (χ2v) is 7.25. The van der Waals surface area contributed by atoms with Gasteiger partial charge in [0.25, 0.3) is 5.91 Å². The first-order valence-corrected chi connectivity index (χ1v) is 8.80. The average molecular weight is 336 g/mol. The zero-order chi connectivity index (χ0) is 15.2. The minimum Gasteiger partial charge on any atom is -0.337 e. The summed E-state index contributed by atoms with van der Waals surface area (Å²) in [5, 5.41) is 8.62. The summed E-state index contributed by atoms with van der Waals surface area (Å²) in [6.45, 7) is 0.00938. The number of hydrogen-bond acceptors (Lipinski definition) is 7. The van der Waals surface area contributed by atoms with Crippen LogP contribution >= 0.6 is 23.1 Å². The van der Waals surface area contributed by atoms with Crippen molar-refractivity contribution in [3.63, 3.8) is 0 Å². The Morgan fingerprint density at radius 1 is 1.45 bits per heavy atom. The Balaban J connectivity index is 1.54. The highest BCUT2D eigenvalue weighted by atomic mass is 32.2. The quantitative estimate of drug-likeness (QED) is 0.859. The van der Waals surface area contributed by atoms with Crippen molar-refractivity contribution in [1.82, 2.24) is 20.4 Å². The van der Waals surface area contributed by atoms with Gasteiger partial charge in [0.1, 0.15) is 12.1 Å². The number of nitrogens with one attached hydrogen (secondary N) is 1. The van der Waals surface area contributed by atoms with Crippen molar-refractivity contribution in [2.24, 2.45) is 0 Å². The molecular weight excluding hydrogens is 324 g/mol. The number of amides is 3. The van der Waals surface area contributed by atoms with Gasteiger partial charge in [0, 0.05) is 5.75 Å². The number of rotatable bonds is 3. The molecule has 1 unspecified atom stereocenters. The van der Waals surface area contributed by atoms with Crippen LogP contribution in [0.15, 0.2) is 22.0 Å². The summed E-state index contributed by atoms with van der Waals surface area (Å²) in [5.74, 6) is 2.04. The molecule has 1 spiro atoms. The van der Waals surface area contributed by atoms with Gasteiger partial charge in [-0.05, 0) is 23.6 Å². The van der Waals surface area contributed by atoms with E-state index in [0.717, 1.165) is 15.5 Å². The minimum absolute atomic E-state index is 0.00938. The van der Waals surface area contributed by atoms with Gasteiger partial charge in [0.15, 0.2) is 0 Å². The van der Waals surface area contributed by atoms with Crippen LogP contribution in [-0.2, 0) is 11.3 Å². The van der Waals surface area contributed by atoms with E-state index in [1.165, 1.54) is 11.3 Å². The summed E-state index contributed by atoms with van der Waals surface area (Å²) in [7, 11) is 0. The molecule has 4 heterocycles. The van der Waals surface area contributed by atoms with Gasteiger partial charge in [-0.1, -0.05) is 11.2 Å². The Kier molecular flexibility index (Phi) is 3.19. The number of hydrogen-bond donors (Lipinski definition) is 1. The van der Waals surface area contributed by atoms with Crippen molar-refractivity contribution in [1.29, 1.82) is 0 Å². The topological polar surface area (TPSA) is 88.3 Å². The molecule has 2 fully saturated rings. The molecular formula is C13H12N4O3S2. The molecule has 0 saturated carbocycles. The molecule has 2 aromatic heterocycles. The van der Waals surface area contributed by atoms with E-state index in [-0.39, 0.29) is 24.4 Å².